The third-order valence-electron chi connectivity index (χ3n) is 7.66. The van der Waals surface area contributed by atoms with E-state index in [4.69, 9.17) is 9.47 Å². The first-order valence-corrected chi connectivity index (χ1v) is 13.8. The molecular weight excluding hydrogens is 564 g/mol. The number of nitrogens with zero attached hydrogens (tertiary/aromatic N) is 3. The molecule has 0 N–H and O–H groups in total. The lowest BCUT2D eigenvalue weighted by atomic mass is 9.97. The van der Waals surface area contributed by atoms with Gasteiger partial charge in [-0.3, -0.25) is 14.6 Å². The average Bonchev–Trinajstić information content (AvgIpc) is 2.93. The van der Waals surface area contributed by atoms with E-state index in [-0.39, 0.29) is 12.6 Å². The summed E-state index contributed by atoms with van der Waals surface area (Å²) in [5.41, 5.74) is -0.550. The van der Waals surface area contributed by atoms with Gasteiger partial charge in [-0.2, -0.15) is 26.3 Å². The monoisotopic (exact) mass is 603 g/mol. The smallest absolute Gasteiger partial charge is 0.383 e. The molecule has 0 saturated carbocycles. The Kier molecular flexibility index (Phi) is 11.8. The third-order valence-corrected chi connectivity index (χ3v) is 7.66. The molecule has 42 heavy (non-hydrogen) atoms. The standard InChI is InChI=1S/C30H39F6N3O3/c1-21-5-6-23(15-22(21)2)16-27-20-38(8-7-37(11-13-41-3)12-14-42-4)9-10-39(27)28(40)24-17-25(29(31,32)33)19-26(18-24)30(34,35)36/h5-6,15,17-19,27H,7-14,16,20H2,1-4H3/t27-/m1/s1. The number of hydrogen-bond acceptors (Lipinski definition) is 5. The molecule has 1 atom stereocenters. The first-order valence-electron chi connectivity index (χ1n) is 13.8. The van der Waals surface area contributed by atoms with E-state index in [1.807, 2.05) is 32.0 Å². The van der Waals surface area contributed by atoms with E-state index >= 15 is 0 Å². The first kappa shape index (κ1) is 33.8. The van der Waals surface area contributed by atoms with Gasteiger partial charge in [0.15, 0.2) is 0 Å². The van der Waals surface area contributed by atoms with Gasteiger partial charge in [0.1, 0.15) is 0 Å². The zero-order valence-corrected chi connectivity index (χ0v) is 24.4. The maximum Gasteiger partial charge on any atom is 0.416 e. The normalized spacial score (nSPS) is 16.8. The largest absolute Gasteiger partial charge is 0.416 e. The van der Waals surface area contributed by atoms with Crippen molar-refractivity contribution in [3.05, 3.63) is 69.8 Å². The summed E-state index contributed by atoms with van der Waals surface area (Å²) in [5.74, 6) is -0.845. The van der Waals surface area contributed by atoms with Crippen LogP contribution in [0.15, 0.2) is 36.4 Å². The SMILES string of the molecule is COCCN(CCOC)CCN1CCN(C(=O)c2cc(C(F)(F)F)cc(C(F)(F)F)c2)[C@H](Cc2ccc(C)c(C)c2)C1. The Hall–Kier alpha value is -2.67. The molecule has 2 aromatic carbocycles. The molecule has 1 amide bonds. The van der Waals surface area contributed by atoms with Crippen molar-refractivity contribution in [2.75, 3.05) is 73.2 Å². The summed E-state index contributed by atoms with van der Waals surface area (Å²) in [6, 6.07) is 6.52. The van der Waals surface area contributed by atoms with Crippen LogP contribution in [0.4, 0.5) is 26.3 Å². The second-order valence-electron chi connectivity index (χ2n) is 10.7. The second-order valence-corrected chi connectivity index (χ2v) is 10.7. The van der Waals surface area contributed by atoms with Crippen LogP contribution in [-0.2, 0) is 28.2 Å². The molecule has 0 spiro atoms. The zero-order valence-electron chi connectivity index (χ0n) is 24.4. The molecule has 1 heterocycles. The van der Waals surface area contributed by atoms with Gasteiger partial charge in [0.2, 0.25) is 0 Å². The lowest BCUT2D eigenvalue weighted by Gasteiger charge is -2.42. The third kappa shape index (κ3) is 9.42. The summed E-state index contributed by atoms with van der Waals surface area (Å²) in [5, 5.41) is 0. The minimum absolute atomic E-state index is 0.0419. The highest BCUT2D eigenvalue weighted by Crippen LogP contribution is 2.37. The number of rotatable bonds is 12. The molecule has 234 valence electrons. The van der Waals surface area contributed by atoms with Crippen molar-refractivity contribution in [3.63, 3.8) is 0 Å². The Balaban J connectivity index is 1.88. The second kappa shape index (κ2) is 14.7. The van der Waals surface area contributed by atoms with E-state index in [1.165, 1.54) is 4.90 Å². The van der Waals surface area contributed by atoms with E-state index < -0.39 is 41.0 Å². The van der Waals surface area contributed by atoms with Gasteiger partial charge >= 0.3 is 12.4 Å². The van der Waals surface area contributed by atoms with Crippen LogP contribution in [0.25, 0.3) is 0 Å². The number of ether oxygens (including phenoxy) is 2. The summed E-state index contributed by atoms with van der Waals surface area (Å²) in [6.45, 7) is 8.86. The van der Waals surface area contributed by atoms with Crippen LogP contribution in [0.2, 0.25) is 0 Å². The lowest BCUT2D eigenvalue weighted by molar-refractivity contribution is -0.143. The van der Waals surface area contributed by atoms with E-state index in [2.05, 4.69) is 9.80 Å². The van der Waals surface area contributed by atoms with Crippen molar-refractivity contribution in [2.24, 2.45) is 0 Å². The van der Waals surface area contributed by atoms with Crippen molar-refractivity contribution in [1.29, 1.82) is 0 Å². The van der Waals surface area contributed by atoms with Gasteiger partial charge in [-0.15, -0.1) is 0 Å². The van der Waals surface area contributed by atoms with E-state index in [1.54, 1.807) is 14.2 Å². The Morgan fingerprint density at radius 3 is 1.98 bits per heavy atom. The molecule has 0 bridgehead atoms. The number of methoxy groups -OCH3 is 2. The van der Waals surface area contributed by atoms with Crippen molar-refractivity contribution < 1.29 is 40.6 Å². The van der Waals surface area contributed by atoms with Gasteiger partial charge in [-0.05, 0) is 55.2 Å². The van der Waals surface area contributed by atoms with Gasteiger partial charge in [0.05, 0.1) is 24.3 Å². The number of alkyl halides is 6. The minimum Gasteiger partial charge on any atom is -0.383 e. The summed E-state index contributed by atoms with van der Waals surface area (Å²) in [6.07, 6.45) is -9.66. The molecule has 6 nitrogen and oxygen atoms in total. The van der Waals surface area contributed by atoms with Gasteiger partial charge in [-0.1, -0.05) is 18.2 Å². The Morgan fingerprint density at radius 2 is 1.45 bits per heavy atom. The van der Waals surface area contributed by atoms with E-state index in [9.17, 15) is 31.1 Å². The lowest BCUT2D eigenvalue weighted by Crippen LogP contribution is -2.57. The highest BCUT2D eigenvalue weighted by atomic mass is 19.4. The van der Waals surface area contributed by atoms with Crippen LogP contribution in [0.1, 0.15) is 38.2 Å². The minimum atomic E-state index is -5.04. The summed E-state index contributed by atoms with van der Waals surface area (Å²) in [7, 11) is 3.26. The fourth-order valence-corrected chi connectivity index (χ4v) is 5.07. The molecule has 0 aromatic heterocycles. The van der Waals surface area contributed by atoms with Gasteiger partial charge in [0, 0.05) is 71.6 Å². The van der Waals surface area contributed by atoms with E-state index in [0.717, 1.165) is 16.7 Å². The highest BCUT2D eigenvalue weighted by molar-refractivity contribution is 5.95. The Bertz CT molecular complexity index is 1150. The molecule has 12 heteroatoms. The van der Waals surface area contributed by atoms with Gasteiger partial charge in [-0.25, -0.2) is 0 Å². The number of carbonyl (C=O) groups excluding carboxylic acids is 1. The average molecular weight is 604 g/mol. The summed E-state index contributed by atoms with van der Waals surface area (Å²) >= 11 is 0. The molecule has 0 radical (unpaired) electrons. The predicted molar refractivity (Wildman–Crippen MR) is 148 cm³/mol. The molecule has 3 rings (SSSR count). The number of benzene rings is 2. The maximum absolute atomic E-state index is 13.6. The maximum atomic E-state index is 13.6. The van der Waals surface area contributed by atoms with Crippen LogP contribution in [0.5, 0.6) is 0 Å². The van der Waals surface area contributed by atoms with Crippen LogP contribution in [0.3, 0.4) is 0 Å². The molecule has 1 saturated heterocycles. The van der Waals surface area contributed by atoms with Crippen molar-refractivity contribution >= 4 is 5.91 Å². The molecule has 1 fully saturated rings. The first-order chi connectivity index (χ1) is 19.7. The number of halogens is 6. The summed E-state index contributed by atoms with van der Waals surface area (Å²) < 4.78 is 91.5. The van der Waals surface area contributed by atoms with Gasteiger partial charge in [0.25, 0.3) is 5.91 Å². The number of aryl methyl sites for hydroxylation is 2. The van der Waals surface area contributed by atoms with Gasteiger partial charge < -0.3 is 14.4 Å². The quantitative estimate of drug-likeness (QED) is 0.308. The molecular formula is C30H39F6N3O3. The summed E-state index contributed by atoms with van der Waals surface area (Å²) in [4.78, 5) is 19.4. The van der Waals surface area contributed by atoms with Crippen LogP contribution >= 0.6 is 0 Å². The number of piperazine rings is 1. The van der Waals surface area contributed by atoms with Crippen LogP contribution < -0.4 is 0 Å². The fraction of sp³-hybridized carbons (Fsp3) is 0.567. The van der Waals surface area contributed by atoms with E-state index in [0.29, 0.717) is 71.0 Å². The zero-order chi connectivity index (χ0) is 31.1. The van der Waals surface area contributed by atoms with Crippen LogP contribution in [-0.4, -0.2) is 99.9 Å². The van der Waals surface area contributed by atoms with Crippen molar-refractivity contribution in [3.8, 4) is 0 Å². The molecule has 1 aliphatic rings. The molecule has 2 aromatic rings. The highest BCUT2D eigenvalue weighted by Gasteiger charge is 2.39. The fourth-order valence-electron chi connectivity index (χ4n) is 5.07. The Morgan fingerprint density at radius 1 is 0.857 bits per heavy atom. The topological polar surface area (TPSA) is 45.3 Å². The van der Waals surface area contributed by atoms with Crippen molar-refractivity contribution in [1.82, 2.24) is 14.7 Å². The molecule has 0 aliphatic carbocycles. The van der Waals surface area contributed by atoms with Crippen molar-refractivity contribution in [2.45, 2.75) is 38.7 Å². The predicted octanol–water partition coefficient (Wildman–Crippen LogP) is 5.30. The Labute approximate surface area is 243 Å². The molecule has 0 unspecified atom stereocenters. The van der Waals surface area contributed by atoms with Crippen LogP contribution in [0, 0.1) is 13.8 Å². The number of amides is 1. The molecule has 1 aliphatic heterocycles. The number of hydrogen-bond donors (Lipinski definition) is 0. The number of carbonyl (C=O) groups is 1.